The molecule has 0 aliphatic carbocycles. The Balaban J connectivity index is 1.93. The Hall–Kier alpha value is -1.15. The molecule has 0 N–H and O–H groups in total. The van der Waals surface area contributed by atoms with Gasteiger partial charge in [0.05, 0.1) is 6.54 Å². The minimum atomic E-state index is 0.265. The second-order valence-electron chi connectivity index (χ2n) is 6.54. The maximum Gasteiger partial charge on any atom is 0.176 e. The maximum absolute atomic E-state index is 12.4. The van der Waals surface area contributed by atoms with Gasteiger partial charge in [0.15, 0.2) is 5.78 Å². The van der Waals surface area contributed by atoms with E-state index < -0.39 is 0 Å². The summed E-state index contributed by atoms with van der Waals surface area (Å²) in [7, 11) is 0. The van der Waals surface area contributed by atoms with Crippen molar-refractivity contribution in [1.29, 1.82) is 0 Å². The number of likely N-dealkylation sites (tertiary alicyclic amines) is 1. The Morgan fingerprint density at radius 2 is 1.81 bits per heavy atom. The van der Waals surface area contributed by atoms with Crippen LogP contribution in [0.5, 0.6) is 0 Å². The van der Waals surface area contributed by atoms with Crippen LogP contribution < -0.4 is 0 Å². The third kappa shape index (κ3) is 3.94. The quantitative estimate of drug-likeness (QED) is 0.696. The van der Waals surface area contributed by atoms with Crippen LogP contribution in [0.15, 0.2) is 24.3 Å². The number of hydrogen-bond donors (Lipinski definition) is 0. The average molecular weight is 287 g/mol. The lowest BCUT2D eigenvalue weighted by Gasteiger charge is -2.26. The number of nitrogens with zero attached hydrogens (tertiary/aromatic N) is 1. The standard InChI is InChI=1S/C19H29NO/c1-4-7-16-8-10-17(11-9-16)18(21)14-20-13-12-19(5-2,6-3)15-20/h8-11H,4-7,12-15H2,1-3H3. The van der Waals surface area contributed by atoms with E-state index in [-0.39, 0.29) is 5.78 Å². The van der Waals surface area contributed by atoms with E-state index in [4.69, 9.17) is 0 Å². The van der Waals surface area contributed by atoms with E-state index in [2.05, 4.69) is 37.8 Å². The molecule has 1 aliphatic heterocycles. The first-order valence-corrected chi connectivity index (χ1v) is 8.47. The van der Waals surface area contributed by atoms with Crippen LogP contribution in [0.2, 0.25) is 0 Å². The lowest BCUT2D eigenvalue weighted by Crippen LogP contribution is -2.30. The molecular formula is C19H29NO. The van der Waals surface area contributed by atoms with E-state index >= 15 is 0 Å². The van der Waals surface area contributed by atoms with Gasteiger partial charge in [-0.05, 0) is 43.2 Å². The van der Waals surface area contributed by atoms with E-state index in [1.807, 2.05) is 12.1 Å². The minimum Gasteiger partial charge on any atom is -0.295 e. The third-order valence-corrected chi connectivity index (χ3v) is 5.20. The van der Waals surface area contributed by atoms with Gasteiger partial charge in [0.1, 0.15) is 0 Å². The molecule has 0 unspecified atom stereocenters. The molecule has 0 bridgehead atoms. The SMILES string of the molecule is CCCc1ccc(C(=O)CN2CCC(CC)(CC)C2)cc1. The topological polar surface area (TPSA) is 20.3 Å². The van der Waals surface area contributed by atoms with Crippen LogP contribution in [0, 0.1) is 5.41 Å². The van der Waals surface area contributed by atoms with Crippen LogP contribution in [0.1, 0.15) is 62.4 Å². The summed E-state index contributed by atoms with van der Waals surface area (Å²) >= 11 is 0. The van der Waals surface area contributed by atoms with E-state index in [9.17, 15) is 4.79 Å². The zero-order chi connectivity index (χ0) is 15.3. The van der Waals surface area contributed by atoms with Gasteiger partial charge in [-0.1, -0.05) is 51.5 Å². The van der Waals surface area contributed by atoms with Gasteiger partial charge in [-0.2, -0.15) is 0 Å². The Morgan fingerprint density at radius 3 is 2.33 bits per heavy atom. The molecule has 1 aliphatic rings. The summed E-state index contributed by atoms with van der Waals surface area (Å²) in [5.41, 5.74) is 2.64. The summed E-state index contributed by atoms with van der Waals surface area (Å²) < 4.78 is 0. The minimum absolute atomic E-state index is 0.265. The van der Waals surface area contributed by atoms with Gasteiger partial charge in [-0.25, -0.2) is 0 Å². The van der Waals surface area contributed by atoms with Gasteiger partial charge in [0.25, 0.3) is 0 Å². The molecule has 1 aromatic rings. The summed E-state index contributed by atoms with van der Waals surface area (Å²) in [5, 5.41) is 0. The predicted molar refractivity (Wildman–Crippen MR) is 88.8 cm³/mol. The number of hydrogen-bond acceptors (Lipinski definition) is 2. The average Bonchev–Trinajstić information content (AvgIpc) is 2.92. The number of carbonyl (C=O) groups is 1. The molecule has 2 heteroatoms. The van der Waals surface area contributed by atoms with E-state index in [0.717, 1.165) is 31.5 Å². The van der Waals surface area contributed by atoms with Crippen molar-refractivity contribution in [3.8, 4) is 0 Å². The van der Waals surface area contributed by atoms with Crippen molar-refractivity contribution in [2.24, 2.45) is 5.41 Å². The Bertz CT molecular complexity index is 459. The summed E-state index contributed by atoms with van der Waals surface area (Å²) in [4.78, 5) is 14.8. The normalized spacial score (nSPS) is 18.0. The van der Waals surface area contributed by atoms with Gasteiger partial charge >= 0.3 is 0 Å². The Labute approximate surface area is 129 Å². The number of Topliss-reactive ketones (excluding diaryl/α,β-unsaturated/α-hetero) is 1. The first-order valence-electron chi connectivity index (χ1n) is 8.47. The molecule has 1 heterocycles. The third-order valence-electron chi connectivity index (χ3n) is 5.20. The molecule has 2 nitrogen and oxygen atoms in total. The second kappa shape index (κ2) is 7.22. The molecule has 2 rings (SSSR count). The largest absolute Gasteiger partial charge is 0.295 e. The highest BCUT2D eigenvalue weighted by Crippen LogP contribution is 2.36. The monoisotopic (exact) mass is 287 g/mol. The highest BCUT2D eigenvalue weighted by Gasteiger charge is 2.35. The van der Waals surface area contributed by atoms with Crippen molar-refractivity contribution < 1.29 is 4.79 Å². The van der Waals surface area contributed by atoms with Gasteiger partial charge in [0.2, 0.25) is 0 Å². The molecule has 0 atom stereocenters. The molecule has 116 valence electrons. The summed E-state index contributed by atoms with van der Waals surface area (Å²) in [6.07, 6.45) is 5.93. The molecule has 1 fully saturated rings. The van der Waals surface area contributed by atoms with Crippen LogP contribution in [-0.2, 0) is 6.42 Å². The fraction of sp³-hybridized carbons (Fsp3) is 0.632. The zero-order valence-electron chi connectivity index (χ0n) is 13.8. The van der Waals surface area contributed by atoms with E-state index in [1.165, 1.54) is 24.8 Å². The second-order valence-corrected chi connectivity index (χ2v) is 6.54. The molecule has 0 radical (unpaired) electrons. The van der Waals surface area contributed by atoms with Crippen molar-refractivity contribution in [2.45, 2.75) is 52.9 Å². The zero-order valence-corrected chi connectivity index (χ0v) is 13.8. The number of rotatable bonds is 7. The summed E-state index contributed by atoms with van der Waals surface area (Å²) in [6.45, 7) is 9.47. The fourth-order valence-electron chi connectivity index (χ4n) is 3.43. The van der Waals surface area contributed by atoms with Crippen LogP contribution >= 0.6 is 0 Å². The van der Waals surface area contributed by atoms with Crippen LogP contribution in [0.25, 0.3) is 0 Å². The highest BCUT2D eigenvalue weighted by molar-refractivity contribution is 5.97. The first-order chi connectivity index (χ1) is 10.1. The molecule has 1 saturated heterocycles. The van der Waals surface area contributed by atoms with Crippen molar-refractivity contribution in [3.05, 3.63) is 35.4 Å². The van der Waals surface area contributed by atoms with Crippen molar-refractivity contribution in [1.82, 2.24) is 4.90 Å². The van der Waals surface area contributed by atoms with Gasteiger partial charge in [0, 0.05) is 12.1 Å². The number of carbonyl (C=O) groups excluding carboxylic acids is 1. The molecule has 0 amide bonds. The molecule has 0 saturated carbocycles. The van der Waals surface area contributed by atoms with Gasteiger partial charge in [-0.15, -0.1) is 0 Å². The molecular weight excluding hydrogens is 258 g/mol. The van der Waals surface area contributed by atoms with Crippen molar-refractivity contribution >= 4 is 5.78 Å². The van der Waals surface area contributed by atoms with Gasteiger partial charge < -0.3 is 0 Å². The van der Waals surface area contributed by atoms with Crippen LogP contribution in [0.3, 0.4) is 0 Å². The van der Waals surface area contributed by atoms with Crippen molar-refractivity contribution in [3.63, 3.8) is 0 Å². The summed E-state index contributed by atoms with van der Waals surface area (Å²) in [5.74, 6) is 0.265. The summed E-state index contributed by atoms with van der Waals surface area (Å²) in [6, 6.07) is 8.19. The lowest BCUT2D eigenvalue weighted by molar-refractivity contribution is 0.0936. The molecule has 21 heavy (non-hydrogen) atoms. The number of aryl methyl sites for hydroxylation is 1. The Morgan fingerprint density at radius 1 is 1.14 bits per heavy atom. The fourth-order valence-corrected chi connectivity index (χ4v) is 3.43. The molecule has 0 aromatic heterocycles. The predicted octanol–water partition coefficient (Wildman–Crippen LogP) is 4.33. The Kier molecular flexibility index (Phi) is 5.58. The number of benzene rings is 1. The first kappa shape index (κ1) is 16.2. The smallest absolute Gasteiger partial charge is 0.176 e. The van der Waals surface area contributed by atoms with Crippen molar-refractivity contribution in [2.75, 3.05) is 19.6 Å². The van der Waals surface area contributed by atoms with Crippen LogP contribution in [0.4, 0.5) is 0 Å². The maximum atomic E-state index is 12.4. The van der Waals surface area contributed by atoms with Crippen LogP contribution in [-0.4, -0.2) is 30.3 Å². The highest BCUT2D eigenvalue weighted by atomic mass is 16.1. The van der Waals surface area contributed by atoms with E-state index in [1.54, 1.807) is 0 Å². The lowest BCUT2D eigenvalue weighted by atomic mass is 9.82. The van der Waals surface area contributed by atoms with Gasteiger partial charge in [-0.3, -0.25) is 9.69 Å². The van der Waals surface area contributed by atoms with E-state index in [0.29, 0.717) is 12.0 Å². The molecule has 1 aromatic carbocycles. The molecule has 0 spiro atoms. The number of ketones is 1.